The average Bonchev–Trinajstić information content (AvgIpc) is 3.22. The normalized spacial score (nSPS) is 12.7. The van der Waals surface area contributed by atoms with Crippen molar-refractivity contribution >= 4 is 11.9 Å². The van der Waals surface area contributed by atoms with E-state index in [9.17, 15) is 9.59 Å². The predicted octanol–water partition coefficient (Wildman–Crippen LogP) is 16.6. The minimum atomic E-state index is -0.551. The molecule has 5 nitrogen and oxygen atoms in total. The molecular formula is C53H94O5. The molecule has 0 heterocycles. The van der Waals surface area contributed by atoms with E-state index in [1.807, 2.05) is 0 Å². The standard InChI is InChI=1S/C53H94O5/c1-4-7-10-13-16-19-22-25-27-29-31-34-37-40-43-46-52(54)57-50-51(49-56-48-45-42-39-36-33-30-26-23-20-17-14-11-8-5-2)58-53(55)47-44-41-38-35-32-28-24-21-18-15-12-9-6-3/h11,14,16,19-21,23-25,27,51H,4-10,12-13,15,17-18,22,26,28-50H2,1-3H3/b14-11-,19-16-,23-20-,24-21-,27-25-. The van der Waals surface area contributed by atoms with E-state index >= 15 is 0 Å². The Labute approximate surface area is 360 Å². The highest BCUT2D eigenvalue weighted by atomic mass is 16.6. The quantitative estimate of drug-likeness (QED) is 0.0348. The molecule has 0 saturated heterocycles. The van der Waals surface area contributed by atoms with Crippen LogP contribution in [-0.4, -0.2) is 37.9 Å². The third-order valence-electron chi connectivity index (χ3n) is 10.5. The van der Waals surface area contributed by atoms with Crippen LogP contribution in [0.1, 0.15) is 239 Å². The zero-order chi connectivity index (χ0) is 42.1. The summed E-state index contributed by atoms with van der Waals surface area (Å²) in [5.74, 6) is -0.426. The van der Waals surface area contributed by atoms with Crippen LogP contribution in [0, 0.1) is 0 Å². The van der Waals surface area contributed by atoms with Crippen LogP contribution >= 0.6 is 0 Å². The van der Waals surface area contributed by atoms with Crippen molar-refractivity contribution in [3.63, 3.8) is 0 Å². The Balaban J connectivity index is 4.31. The van der Waals surface area contributed by atoms with Gasteiger partial charge in [-0.25, -0.2) is 0 Å². The second-order valence-electron chi connectivity index (χ2n) is 16.4. The molecule has 0 spiro atoms. The maximum Gasteiger partial charge on any atom is 0.306 e. The van der Waals surface area contributed by atoms with Gasteiger partial charge in [0.25, 0.3) is 0 Å². The minimum absolute atomic E-state index is 0.0699. The summed E-state index contributed by atoms with van der Waals surface area (Å²) in [6, 6.07) is 0. The first-order valence-corrected chi connectivity index (χ1v) is 24.8. The molecule has 0 amide bonds. The number of esters is 2. The molecule has 0 aliphatic heterocycles. The van der Waals surface area contributed by atoms with E-state index in [0.29, 0.717) is 19.4 Å². The molecule has 0 saturated carbocycles. The van der Waals surface area contributed by atoms with Crippen molar-refractivity contribution in [3.8, 4) is 0 Å². The van der Waals surface area contributed by atoms with Crippen molar-refractivity contribution in [2.45, 2.75) is 245 Å². The number of unbranched alkanes of at least 4 members (excludes halogenated alkanes) is 24. The zero-order valence-corrected chi connectivity index (χ0v) is 38.6. The van der Waals surface area contributed by atoms with Crippen LogP contribution in [-0.2, 0) is 23.8 Å². The van der Waals surface area contributed by atoms with Gasteiger partial charge in [0, 0.05) is 19.4 Å². The summed E-state index contributed by atoms with van der Waals surface area (Å²) >= 11 is 0. The lowest BCUT2D eigenvalue weighted by Crippen LogP contribution is -2.30. The van der Waals surface area contributed by atoms with Gasteiger partial charge in [0.2, 0.25) is 0 Å². The van der Waals surface area contributed by atoms with Crippen molar-refractivity contribution in [2.75, 3.05) is 19.8 Å². The van der Waals surface area contributed by atoms with Crippen LogP contribution in [0.5, 0.6) is 0 Å². The molecule has 0 aromatic rings. The smallest absolute Gasteiger partial charge is 0.306 e. The molecule has 0 aromatic heterocycles. The highest BCUT2D eigenvalue weighted by Gasteiger charge is 2.17. The van der Waals surface area contributed by atoms with E-state index in [0.717, 1.165) is 77.0 Å². The summed E-state index contributed by atoms with van der Waals surface area (Å²) in [7, 11) is 0. The molecule has 0 bridgehead atoms. The molecule has 0 aliphatic rings. The largest absolute Gasteiger partial charge is 0.462 e. The molecule has 0 fully saturated rings. The van der Waals surface area contributed by atoms with Gasteiger partial charge in [0.15, 0.2) is 6.10 Å². The summed E-state index contributed by atoms with van der Waals surface area (Å²) in [5, 5.41) is 0. The third-order valence-corrected chi connectivity index (χ3v) is 10.5. The second-order valence-corrected chi connectivity index (χ2v) is 16.4. The molecule has 1 unspecified atom stereocenters. The second kappa shape index (κ2) is 49.0. The lowest BCUT2D eigenvalue weighted by molar-refractivity contribution is -0.163. The van der Waals surface area contributed by atoms with Crippen molar-refractivity contribution in [2.24, 2.45) is 0 Å². The van der Waals surface area contributed by atoms with Crippen molar-refractivity contribution in [3.05, 3.63) is 60.8 Å². The van der Waals surface area contributed by atoms with Gasteiger partial charge in [-0.1, -0.05) is 184 Å². The number of rotatable bonds is 45. The molecule has 1 atom stereocenters. The average molecular weight is 811 g/mol. The predicted molar refractivity (Wildman–Crippen MR) is 251 cm³/mol. The Morgan fingerprint density at radius 1 is 0.379 bits per heavy atom. The van der Waals surface area contributed by atoms with Gasteiger partial charge < -0.3 is 14.2 Å². The fourth-order valence-electron chi connectivity index (χ4n) is 6.75. The summed E-state index contributed by atoms with van der Waals surface area (Å²) in [6.07, 6.45) is 60.7. The fraction of sp³-hybridized carbons (Fsp3) is 0.774. The first-order valence-electron chi connectivity index (χ1n) is 24.8. The monoisotopic (exact) mass is 811 g/mol. The van der Waals surface area contributed by atoms with Crippen LogP contribution in [0.15, 0.2) is 60.8 Å². The Bertz CT molecular complexity index is 1010. The number of hydrogen-bond acceptors (Lipinski definition) is 5. The fourth-order valence-corrected chi connectivity index (χ4v) is 6.75. The van der Waals surface area contributed by atoms with Gasteiger partial charge in [-0.05, 0) is 103 Å². The van der Waals surface area contributed by atoms with Gasteiger partial charge >= 0.3 is 11.9 Å². The number of ether oxygens (including phenoxy) is 3. The first-order chi connectivity index (χ1) is 28.6. The van der Waals surface area contributed by atoms with E-state index in [2.05, 4.69) is 81.5 Å². The number of carbonyl (C=O) groups excluding carboxylic acids is 2. The van der Waals surface area contributed by atoms with E-state index < -0.39 is 6.10 Å². The maximum absolute atomic E-state index is 12.8. The number of allylic oxidation sites excluding steroid dienone is 10. The molecule has 0 aliphatic carbocycles. The topological polar surface area (TPSA) is 61.8 Å². The lowest BCUT2D eigenvalue weighted by atomic mass is 10.1. The summed E-state index contributed by atoms with van der Waals surface area (Å²) in [4.78, 5) is 25.3. The molecular weight excluding hydrogens is 717 g/mol. The van der Waals surface area contributed by atoms with Crippen LogP contribution in [0.3, 0.4) is 0 Å². The van der Waals surface area contributed by atoms with Crippen molar-refractivity contribution < 1.29 is 23.8 Å². The molecule has 0 aromatic carbocycles. The molecule has 0 rings (SSSR count). The molecule has 336 valence electrons. The van der Waals surface area contributed by atoms with Gasteiger partial charge in [0.05, 0.1) is 6.61 Å². The zero-order valence-electron chi connectivity index (χ0n) is 38.6. The van der Waals surface area contributed by atoms with E-state index in [1.54, 1.807) is 0 Å². The summed E-state index contributed by atoms with van der Waals surface area (Å²) in [5.41, 5.74) is 0. The van der Waals surface area contributed by atoms with Crippen molar-refractivity contribution in [1.82, 2.24) is 0 Å². The molecule has 5 heteroatoms. The van der Waals surface area contributed by atoms with Gasteiger partial charge in [-0.2, -0.15) is 0 Å². The van der Waals surface area contributed by atoms with Gasteiger partial charge in [-0.3, -0.25) is 9.59 Å². The van der Waals surface area contributed by atoms with E-state index in [1.165, 1.54) is 128 Å². The molecule has 0 radical (unpaired) electrons. The SMILES string of the molecule is CCC/C=C\C/C=C\CCCCCCCCOCC(COC(=O)CCCCCCC/C=C\C/C=C\CCCCC)OC(=O)CCCCCCC/C=C\CCCCCC. The van der Waals surface area contributed by atoms with E-state index in [4.69, 9.17) is 14.2 Å². The number of hydrogen-bond donors (Lipinski definition) is 0. The Hall–Kier alpha value is -2.40. The Morgan fingerprint density at radius 3 is 1.26 bits per heavy atom. The maximum atomic E-state index is 12.8. The summed E-state index contributed by atoms with van der Waals surface area (Å²) in [6.45, 7) is 7.69. The Morgan fingerprint density at radius 2 is 0.759 bits per heavy atom. The van der Waals surface area contributed by atoms with Gasteiger partial charge in [-0.15, -0.1) is 0 Å². The van der Waals surface area contributed by atoms with Crippen molar-refractivity contribution in [1.29, 1.82) is 0 Å². The van der Waals surface area contributed by atoms with Crippen LogP contribution < -0.4 is 0 Å². The summed E-state index contributed by atoms with van der Waals surface area (Å²) < 4.78 is 17.3. The molecule has 58 heavy (non-hydrogen) atoms. The minimum Gasteiger partial charge on any atom is -0.462 e. The van der Waals surface area contributed by atoms with Gasteiger partial charge in [0.1, 0.15) is 6.61 Å². The number of carbonyl (C=O) groups is 2. The van der Waals surface area contributed by atoms with Crippen LogP contribution in [0.2, 0.25) is 0 Å². The van der Waals surface area contributed by atoms with Crippen LogP contribution in [0.25, 0.3) is 0 Å². The van der Waals surface area contributed by atoms with E-state index in [-0.39, 0.29) is 25.2 Å². The first kappa shape index (κ1) is 55.6. The Kier molecular flexibility index (Phi) is 46.9. The molecule has 0 N–H and O–H groups in total. The highest BCUT2D eigenvalue weighted by Crippen LogP contribution is 2.13. The highest BCUT2D eigenvalue weighted by molar-refractivity contribution is 5.70. The third kappa shape index (κ3) is 46.3. The van der Waals surface area contributed by atoms with Crippen LogP contribution in [0.4, 0.5) is 0 Å². The lowest BCUT2D eigenvalue weighted by Gasteiger charge is -2.18.